The molecule has 2 aliphatic rings. The van der Waals surface area contributed by atoms with E-state index in [0.29, 0.717) is 17.1 Å². The molecule has 2 aromatic rings. The molecule has 6 nitrogen and oxygen atoms in total. The van der Waals surface area contributed by atoms with Gasteiger partial charge in [-0.3, -0.25) is 19.8 Å². The highest BCUT2D eigenvalue weighted by atomic mass is 35.5. The van der Waals surface area contributed by atoms with Crippen LogP contribution >= 0.6 is 35.4 Å². The minimum Gasteiger partial charge on any atom is -0.454 e. The monoisotopic (exact) mass is 420 g/mol. The summed E-state index contributed by atoms with van der Waals surface area (Å²) in [7, 11) is 0. The first kappa shape index (κ1) is 17.8. The Hall–Kier alpha value is -2.61. The molecule has 1 N–H and O–H groups in total. The van der Waals surface area contributed by atoms with E-state index >= 15 is 0 Å². The van der Waals surface area contributed by atoms with Crippen molar-refractivity contribution in [1.29, 1.82) is 0 Å². The molecule has 2 amide bonds. The zero-order chi connectivity index (χ0) is 19.1. The molecule has 0 saturated carbocycles. The summed E-state index contributed by atoms with van der Waals surface area (Å²) in [5.41, 5.74) is 0.789. The van der Waals surface area contributed by atoms with E-state index in [1.807, 2.05) is 0 Å². The number of carbonyl (C=O) groups excluding carboxylic acids is 2. The summed E-state index contributed by atoms with van der Waals surface area (Å²) >= 11 is 17.4. The number of nitrogens with zero attached hydrogens (tertiary/aromatic N) is 1. The molecule has 2 aliphatic heterocycles. The van der Waals surface area contributed by atoms with Crippen molar-refractivity contribution >= 4 is 64.1 Å². The molecule has 0 aliphatic carbocycles. The lowest BCUT2D eigenvalue weighted by molar-refractivity contribution is -0.122. The van der Waals surface area contributed by atoms with Gasteiger partial charge in [0.15, 0.2) is 16.6 Å². The van der Waals surface area contributed by atoms with Crippen molar-refractivity contribution in [3.05, 3.63) is 57.6 Å². The molecule has 9 heteroatoms. The predicted octanol–water partition coefficient (Wildman–Crippen LogP) is 3.55. The van der Waals surface area contributed by atoms with Crippen LogP contribution in [0.4, 0.5) is 5.69 Å². The van der Waals surface area contributed by atoms with E-state index in [1.165, 1.54) is 6.08 Å². The summed E-state index contributed by atoms with van der Waals surface area (Å²) in [6.07, 6.45) is 1.45. The number of ether oxygens (including phenoxy) is 2. The molecule has 0 aromatic heterocycles. The minimum atomic E-state index is -0.606. The Morgan fingerprint density at radius 3 is 2.70 bits per heavy atom. The van der Waals surface area contributed by atoms with Gasteiger partial charge in [-0.1, -0.05) is 35.3 Å². The molecule has 0 atom stereocenters. The number of rotatable bonds is 2. The molecule has 0 unspecified atom stereocenters. The maximum atomic E-state index is 13.0. The maximum Gasteiger partial charge on any atom is 0.270 e. The number of fused-ring (bicyclic) bond motifs is 1. The van der Waals surface area contributed by atoms with Crippen molar-refractivity contribution in [2.45, 2.75) is 0 Å². The molecule has 136 valence electrons. The number of carbonyl (C=O) groups is 2. The van der Waals surface area contributed by atoms with Gasteiger partial charge in [0, 0.05) is 0 Å². The first-order valence-electron chi connectivity index (χ1n) is 7.71. The normalized spacial score (nSPS) is 17.5. The third kappa shape index (κ3) is 3.14. The lowest BCUT2D eigenvalue weighted by Gasteiger charge is -2.29. The summed E-state index contributed by atoms with van der Waals surface area (Å²) in [6.45, 7) is 0.129. The van der Waals surface area contributed by atoms with Crippen molar-refractivity contribution in [2.75, 3.05) is 11.7 Å². The molecule has 1 fully saturated rings. The highest BCUT2D eigenvalue weighted by Crippen LogP contribution is 2.35. The molecule has 2 aromatic carbocycles. The van der Waals surface area contributed by atoms with E-state index in [1.54, 1.807) is 36.4 Å². The number of nitrogens with one attached hydrogen (secondary N) is 1. The van der Waals surface area contributed by atoms with Crippen LogP contribution in [0.1, 0.15) is 5.56 Å². The average Bonchev–Trinajstić information content (AvgIpc) is 3.10. The Bertz CT molecular complexity index is 1040. The lowest BCUT2D eigenvalue weighted by atomic mass is 10.1. The van der Waals surface area contributed by atoms with E-state index in [0.717, 1.165) is 4.90 Å². The fourth-order valence-electron chi connectivity index (χ4n) is 2.71. The van der Waals surface area contributed by atoms with Gasteiger partial charge in [0.1, 0.15) is 5.57 Å². The van der Waals surface area contributed by atoms with Gasteiger partial charge in [0.25, 0.3) is 11.8 Å². The van der Waals surface area contributed by atoms with Crippen LogP contribution in [0, 0.1) is 0 Å². The highest BCUT2D eigenvalue weighted by molar-refractivity contribution is 7.80. The van der Waals surface area contributed by atoms with E-state index in [-0.39, 0.29) is 33.2 Å². The fourth-order valence-corrected chi connectivity index (χ4v) is 3.36. The second-order valence-electron chi connectivity index (χ2n) is 5.64. The van der Waals surface area contributed by atoms with Crippen molar-refractivity contribution in [1.82, 2.24) is 5.32 Å². The molecular weight excluding hydrogens is 411 g/mol. The number of benzene rings is 2. The maximum absolute atomic E-state index is 13.0. The van der Waals surface area contributed by atoms with Crippen molar-refractivity contribution in [3.63, 3.8) is 0 Å². The van der Waals surface area contributed by atoms with Crippen molar-refractivity contribution in [2.24, 2.45) is 0 Å². The second kappa shape index (κ2) is 6.84. The van der Waals surface area contributed by atoms with Gasteiger partial charge in [0.2, 0.25) is 6.79 Å². The number of hydrogen-bond donors (Lipinski definition) is 1. The molecule has 2 heterocycles. The first-order valence-corrected chi connectivity index (χ1v) is 8.87. The smallest absolute Gasteiger partial charge is 0.270 e. The molecule has 0 radical (unpaired) electrons. The summed E-state index contributed by atoms with van der Waals surface area (Å²) in [4.78, 5) is 26.5. The third-order valence-corrected chi connectivity index (χ3v) is 5.07. The Kier molecular flexibility index (Phi) is 4.51. The van der Waals surface area contributed by atoms with Crippen LogP contribution in [0.15, 0.2) is 42.0 Å². The lowest BCUT2D eigenvalue weighted by Crippen LogP contribution is -2.54. The molecule has 27 heavy (non-hydrogen) atoms. The van der Waals surface area contributed by atoms with E-state index in [2.05, 4.69) is 5.32 Å². The second-order valence-corrected chi connectivity index (χ2v) is 6.82. The Balaban J connectivity index is 1.75. The summed E-state index contributed by atoms with van der Waals surface area (Å²) < 4.78 is 10.6. The van der Waals surface area contributed by atoms with E-state index in [4.69, 9.17) is 44.9 Å². The SMILES string of the molecule is O=C1NC(=S)N(c2cccc(Cl)c2Cl)C(=O)C1=Cc1ccc2c(c1)OCO2. The predicted molar refractivity (Wildman–Crippen MR) is 105 cm³/mol. The molecule has 1 saturated heterocycles. The topological polar surface area (TPSA) is 67.9 Å². The third-order valence-electron chi connectivity index (χ3n) is 3.98. The van der Waals surface area contributed by atoms with Crippen LogP contribution in [0.25, 0.3) is 6.08 Å². The first-order chi connectivity index (χ1) is 13.0. The zero-order valence-corrected chi connectivity index (χ0v) is 15.8. The van der Waals surface area contributed by atoms with Gasteiger partial charge >= 0.3 is 0 Å². The van der Waals surface area contributed by atoms with Gasteiger partial charge in [-0.15, -0.1) is 0 Å². The van der Waals surface area contributed by atoms with Crippen molar-refractivity contribution < 1.29 is 19.1 Å². The quantitative estimate of drug-likeness (QED) is 0.457. The van der Waals surface area contributed by atoms with Crippen molar-refractivity contribution in [3.8, 4) is 11.5 Å². The molecule has 4 rings (SSSR count). The van der Waals surface area contributed by atoms with Gasteiger partial charge < -0.3 is 9.47 Å². The van der Waals surface area contributed by atoms with Gasteiger partial charge in [-0.25, -0.2) is 0 Å². The van der Waals surface area contributed by atoms with Gasteiger partial charge in [-0.2, -0.15) is 0 Å². The number of thiocarbonyl (C=S) groups is 1. The van der Waals surface area contributed by atoms with Crippen LogP contribution in [-0.2, 0) is 9.59 Å². The van der Waals surface area contributed by atoms with E-state index in [9.17, 15) is 9.59 Å². The van der Waals surface area contributed by atoms with Crippen LogP contribution in [0.2, 0.25) is 10.0 Å². The number of anilines is 1. The Morgan fingerprint density at radius 1 is 1.11 bits per heavy atom. The van der Waals surface area contributed by atoms with Crippen LogP contribution in [0.3, 0.4) is 0 Å². The Labute approximate surface area is 169 Å². The Morgan fingerprint density at radius 2 is 1.89 bits per heavy atom. The highest BCUT2D eigenvalue weighted by Gasteiger charge is 2.35. The average molecular weight is 421 g/mol. The van der Waals surface area contributed by atoms with Crippen LogP contribution in [0.5, 0.6) is 11.5 Å². The minimum absolute atomic E-state index is 0.0722. The summed E-state index contributed by atoms with van der Waals surface area (Å²) in [5.74, 6) is -0.0639. The fraction of sp³-hybridized carbons (Fsp3) is 0.0556. The summed E-state index contributed by atoms with van der Waals surface area (Å²) in [6, 6.07) is 9.92. The largest absolute Gasteiger partial charge is 0.454 e. The molecular formula is C18H10Cl2N2O4S. The summed E-state index contributed by atoms with van der Waals surface area (Å²) in [5, 5.41) is 2.85. The van der Waals surface area contributed by atoms with Crippen LogP contribution < -0.4 is 19.7 Å². The van der Waals surface area contributed by atoms with Gasteiger partial charge in [0.05, 0.1) is 15.7 Å². The molecule has 0 bridgehead atoms. The number of halogens is 2. The molecule has 0 spiro atoms. The number of amides is 2. The standard InChI is InChI=1S/C18H10Cl2N2O4S/c19-11-2-1-3-12(15(11)20)22-17(24)10(16(23)21-18(22)27)6-9-4-5-13-14(7-9)26-8-25-13/h1-7H,8H2,(H,21,23,27). The van der Waals surface area contributed by atoms with Crippen LogP contribution in [-0.4, -0.2) is 23.7 Å². The zero-order valence-electron chi connectivity index (χ0n) is 13.5. The van der Waals surface area contributed by atoms with Gasteiger partial charge in [-0.05, 0) is 48.1 Å². The number of hydrogen-bond acceptors (Lipinski definition) is 5. The van der Waals surface area contributed by atoms with E-state index < -0.39 is 11.8 Å².